The first-order chi connectivity index (χ1) is 16.5. The van der Waals surface area contributed by atoms with Gasteiger partial charge in [-0.15, -0.1) is 0 Å². The van der Waals surface area contributed by atoms with E-state index in [1.54, 1.807) is 14.2 Å². The average Bonchev–Trinajstić information content (AvgIpc) is 2.88. The van der Waals surface area contributed by atoms with Crippen LogP contribution in [0.15, 0.2) is 43.0 Å². The molecule has 182 valence electrons. The Morgan fingerprint density at radius 2 is 1.85 bits per heavy atom. The highest BCUT2D eigenvalue weighted by Gasteiger charge is 2.35. The average molecular weight is 464 g/mol. The summed E-state index contributed by atoms with van der Waals surface area (Å²) in [4.78, 5) is 17.5. The first-order valence-corrected chi connectivity index (χ1v) is 12.3. The SMILES string of the molecule is C=C(c1ccccc1NCC)C1CCN(C(=O)N2CCc3cc(OC)cc(OC)c3C2C)CC1. The van der Waals surface area contributed by atoms with Gasteiger partial charge < -0.3 is 24.6 Å². The van der Waals surface area contributed by atoms with Crippen molar-refractivity contribution in [3.05, 3.63) is 59.7 Å². The van der Waals surface area contributed by atoms with Crippen molar-refractivity contribution < 1.29 is 14.3 Å². The Morgan fingerprint density at radius 3 is 2.53 bits per heavy atom. The Kier molecular flexibility index (Phi) is 7.35. The molecule has 1 N–H and O–H groups in total. The van der Waals surface area contributed by atoms with Crippen LogP contribution in [0.1, 0.15) is 49.4 Å². The highest BCUT2D eigenvalue weighted by molar-refractivity contribution is 5.78. The van der Waals surface area contributed by atoms with Gasteiger partial charge in [0, 0.05) is 49.1 Å². The largest absolute Gasteiger partial charge is 0.497 e. The molecule has 6 heteroatoms. The molecule has 1 unspecified atom stereocenters. The zero-order valence-corrected chi connectivity index (χ0v) is 20.9. The van der Waals surface area contributed by atoms with Gasteiger partial charge in [0.1, 0.15) is 11.5 Å². The summed E-state index contributed by atoms with van der Waals surface area (Å²) in [5.74, 6) is 1.96. The lowest BCUT2D eigenvalue weighted by Crippen LogP contribution is -2.49. The van der Waals surface area contributed by atoms with Crippen molar-refractivity contribution in [2.75, 3.05) is 45.7 Å². The zero-order valence-electron chi connectivity index (χ0n) is 20.9. The number of hydrogen-bond acceptors (Lipinski definition) is 4. The number of urea groups is 1. The molecule has 1 atom stereocenters. The number of para-hydroxylation sites is 1. The third-order valence-corrected chi connectivity index (χ3v) is 7.31. The topological polar surface area (TPSA) is 54.0 Å². The lowest BCUT2D eigenvalue weighted by molar-refractivity contribution is 0.120. The van der Waals surface area contributed by atoms with Crippen molar-refractivity contribution >= 4 is 17.3 Å². The van der Waals surface area contributed by atoms with Crippen LogP contribution < -0.4 is 14.8 Å². The van der Waals surface area contributed by atoms with E-state index in [-0.39, 0.29) is 12.1 Å². The van der Waals surface area contributed by atoms with Crippen LogP contribution in [0.2, 0.25) is 0 Å². The second-order valence-electron chi connectivity index (χ2n) is 9.17. The Hall–Kier alpha value is -3.15. The quantitative estimate of drug-likeness (QED) is 0.606. The van der Waals surface area contributed by atoms with Gasteiger partial charge in [0.2, 0.25) is 0 Å². The van der Waals surface area contributed by atoms with Crippen molar-refractivity contribution in [1.29, 1.82) is 0 Å². The molecule has 1 saturated heterocycles. The minimum atomic E-state index is -0.0446. The monoisotopic (exact) mass is 463 g/mol. The number of nitrogens with zero attached hydrogens (tertiary/aromatic N) is 2. The Bertz CT molecular complexity index is 1030. The van der Waals surface area contributed by atoms with Gasteiger partial charge in [0.25, 0.3) is 0 Å². The molecule has 0 radical (unpaired) electrons. The Labute approximate surface area is 203 Å². The third-order valence-electron chi connectivity index (χ3n) is 7.31. The molecule has 1 fully saturated rings. The Morgan fingerprint density at radius 1 is 1.12 bits per heavy atom. The fourth-order valence-electron chi connectivity index (χ4n) is 5.40. The van der Waals surface area contributed by atoms with Crippen LogP contribution in [0.25, 0.3) is 5.57 Å². The summed E-state index contributed by atoms with van der Waals surface area (Å²) in [5.41, 5.74) is 5.79. The first-order valence-electron chi connectivity index (χ1n) is 12.3. The van der Waals surface area contributed by atoms with Gasteiger partial charge in [-0.05, 0) is 62.3 Å². The molecule has 0 bridgehead atoms. The number of carbonyl (C=O) groups excluding carboxylic acids is 1. The summed E-state index contributed by atoms with van der Waals surface area (Å²) in [5, 5.41) is 3.45. The van der Waals surface area contributed by atoms with E-state index in [1.165, 1.54) is 16.7 Å². The molecule has 2 aromatic carbocycles. The minimum absolute atomic E-state index is 0.0446. The number of anilines is 1. The van der Waals surface area contributed by atoms with Crippen molar-refractivity contribution in [3.63, 3.8) is 0 Å². The lowest BCUT2D eigenvalue weighted by Gasteiger charge is -2.41. The smallest absolute Gasteiger partial charge is 0.320 e. The molecule has 0 aromatic heterocycles. The summed E-state index contributed by atoms with van der Waals surface area (Å²) in [6.07, 6.45) is 2.67. The van der Waals surface area contributed by atoms with E-state index in [4.69, 9.17) is 9.47 Å². The number of benzene rings is 2. The number of likely N-dealkylation sites (tertiary alicyclic amines) is 1. The normalized spacial score (nSPS) is 18.3. The maximum absolute atomic E-state index is 13.5. The van der Waals surface area contributed by atoms with Crippen molar-refractivity contribution in [3.8, 4) is 11.5 Å². The molecule has 2 aromatic rings. The number of allylic oxidation sites excluding steroid dienone is 1. The van der Waals surface area contributed by atoms with E-state index in [2.05, 4.69) is 56.1 Å². The predicted molar refractivity (Wildman–Crippen MR) is 138 cm³/mol. The van der Waals surface area contributed by atoms with E-state index >= 15 is 0 Å². The molecule has 2 heterocycles. The van der Waals surface area contributed by atoms with Crippen LogP contribution in [-0.4, -0.2) is 56.2 Å². The summed E-state index contributed by atoms with van der Waals surface area (Å²) in [6, 6.07) is 12.4. The molecule has 34 heavy (non-hydrogen) atoms. The molecule has 2 aliphatic rings. The standard InChI is InChI=1S/C28H37N3O3/c1-6-29-25-10-8-7-9-24(25)19(2)21-11-14-30(15-12-21)28(32)31-16-13-22-17-23(33-4)18-26(34-5)27(22)20(31)3/h7-10,17-18,20-21,29H,2,6,11-16H2,1,3-5H3. The van der Waals surface area contributed by atoms with Crippen molar-refractivity contribution in [2.45, 2.75) is 39.2 Å². The van der Waals surface area contributed by atoms with Crippen LogP contribution in [0.4, 0.5) is 10.5 Å². The number of methoxy groups -OCH3 is 2. The van der Waals surface area contributed by atoms with E-state index in [9.17, 15) is 4.79 Å². The maximum Gasteiger partial charge on any atom is 0.320 e. The minimum Gasteiger partial charge on any atom is -0.497 e. The van der Waals surface area contributed by atoms with Gasteiger partial charge in [0.15, 0.2) is 0 Å². The van der Waals surface area contributed by atoms with Crippen LogP contribution >= 0.6 is 0 Å². The fraction of sp³-hybridized carbons (Fsp3) is 0.464. The van der Waals surface area contributed by atoms with E-state index in [0.717, 1.165) is 61.6 Å². The molecule has 2 amide bonds. The summed E-state index contributed by atoms with van der Waals surface area (Å²) >= 11 is 0. The number of rotatable bonds is 6. The van der Waals surface area contributed by atoms with Gasteiger partial charge >= 0.3 is 6.03 Å². The molecular formula is C28H37N3O3. The number of nitrogens with one attached hydrogen (secondary N) is 1. The second kappa shape index (κ2) is 10.4. The van der Waals surface area contributed by atoms with Gasteiger partial charge in [-0.1, -0.05) is 24.8 Å². The molecule has 2 aliphatic heterocycles. The predicted octanol–water partition coefficient (Wildman–Crippen LogP) is 5.60. The zero-order chi connectivity index (χ0) is 24.2. The van der Waals surface area contributed by atoms with E-state index in [1.807, 2.05) is 15.9 Å². The van der Waals surface area contributed by atoms with Gasteiger partial charge in [-0.2, -0.15) is 0 Å². The number of carbonyl (C=O) groups is 1. The van der Waals surface area contributed by atoms with Crippen molar-refractivity contribution in [1.82, 2.24) is 9.80 Å². The number of hydrogen-bond donors (Lipinski definition) is 1. The Balaban J connectivity index is 1.43. The number of fused-ring (bicyclic) bond motifs is 1. The van der Waals surface area contributed by atoms with Crippen LogP contribution in [0.5, 0.6) is 11.5 Å². The first kappa shape index (κ1) is 24.0. The van der Waals surface area contributed by atoms with Gasteiger partial charge in [-0.25, -0.2) is 4.79 Å². The highest BCUT2D eigenvalue weighted by atomic mass is 16.5. The fourth-order valence-corrected chi connectivity index (χ4v) is 5.40. The highest BCUT2D eigenvalue weighted by Crippen LogP contribution is 2.40. The summed E-state index contributed by atoms with van der Waals surface area (Å²) < 4.78 is 11.1. The molecule has 4 rings (SSSR count). The molecule has 0 aliphatic carbocycles. The van der Waals surface area contributed by atoms with Gasteiger partial charge in [0.05, 0.1) is 20.3 Å². The summed E-state index contributed by atoms with van der Waals surface area (Å²) in [6.45, 7) is 11.7. The summed E-state index contributed by atoms with van der Waals surface area (Å²) in [7, 11) is 3.34. The molecule has 0 spiro atoms. The molecule has 6 nitrogen and oxygen atoms in total. The third kappa shape index (κ3) is 4.59. The second-order valence-corrected chi connectivity index (χ2v) is 9.17. The van der Waals surface area contributed by atoms with Crippen LogP contribution in [-0.2, 0) is 6.42 Å². The lowest BCUT2D eigenvalue weighted by atomic mass is 9.85. The molecule has 0 saturated carbocycles. The van der Waals surface area contributed by atoms with Crippen LogP contribution in [0.3, 0.4) is 0 Å². The number of ether oxygens (including phenoxy) is 2. The van der Waals surface area contributed by atoms with Gasteiger partial charge in [-0.3, -0.25) is 0 Å². The van der Waals surface area contributed by atoms with E-state index < -0.39 is 0 Å². The number of amides is 2. The number of piperidine rings is 1. The molecular weight excluding hydrogens is 426 g/mol. The van der Waals surface area contributed by atoms with Crippen molar-refractivity contribution in [2.24, 2.45) is 5.92 Å². The van der Waals surface area contributed by atoms with E-state index in [0.29, 0.717) is 12.5 Å². The van der Waals surface area contributed by atoms with Crippen LogP contribution in [0, 0.1) is 5.92 Å². The maximum atomic E-state index is 13.5.